The van der Waals surface area contributed by atoms with Crippen molar-refractivity contribution in [2.75, 3.05) is 0 Å². The van der Waals surface area contributed by atoms with Crippen LogP contribution in [0.25, 0.3) is 0 Å². The molecule has 0 radical (unpaired) electrons. The molecule has 0 spiro atoms. The minimum Gasteiger partial charge on any atom is -0.373 e. The highest BCUT2D eigenvalue weighted by Gasteiger charge is 2.65. The normalized spacial score (nSPS) is 63.5. The van der Waals surface area contributed by atoms with Crippen molar-refractivity contribution in [1.82, 2.24) is 0 Å². The number of nitrogens with zero attached hydrogens (tertiary/aromatic N) is 1. The lowest BCUT2D eigenvalue weighted by atomic mass is 9.66. The van der Waals surface area contributed by atoms with E-state index in [0.717, 1.165) is 17.8 Å². The first kappa shape index (κ1) is 8.35. The van der Waals surface area contributed by atoms with Crippen molar-refractivity contribution in [3.8, 4) is 6.07 Å². The summed E-state index contributed by atoms with van der Waals surface area (Å²) >= 11 is 0. The molecule has 2 nitrogen and oxygen atoms in total. The molecule has 4 aliphatic rings. The van der Waals surface area contributed by atoms with E-state index in [0.29, 0.717) is 17.9 Å². The number of nitriles is 1. The lowest BCUT2D eigenvalue weighted by Gasteiger charge is -2.34. The van der Waals surface area contributed by atoms with Crippen LogP contribution >= 0.6 is 0 Å². The van der Waals surface area contributed by atoms with E-state index in [2.05, 4.69) is 25.1 Å². The van der Waals surface area contributed by atoms with Crippen LogP contribution in [0.1, 0.15) is 13.3 Å². The second-order valence-corrected chi connectivity index (χ2v) is 5.68. The topological polar surface area (TPSA) is 33.0 Å². The van der Waals surface area contributed by atoms with Crippen molar-refractivity contribution < 1.29 is 4.74 Å². The molecule has 15 heavy (non-hydrogen) atoms. The van der Waals surface area contributed by atoms with Crippen molar-refractivity contribution in [3.63, 3.8) is 0 Å². The van der Waals surface area contributed by atoms with Crippen molar-refractivity contribution in [2.24, 2.45) is 35.5 Å². The van der Waals surface area contributed by atoms with Crippen molar-refractivity contribution in [1.29, 1.82) is 5.26 Å². The van der Waals surface area contributed by atoms with Gasteiger partial charge in [0.05, 0.1) is 24.2 Å². The third-order valence-corrected chi connectivity index (χ3v) is 5.24. The van der Waals surface area contributed by atoms with E-state index in [4.69, 9.17) is 4.74 Å². The van der Waals surface area contributed by atoms with Crippen LogP contribution in [0, 0.1) is 46.8 Å². The van der Waals surface area contributed by atoms with Crippen LogP contribution in [0.4, 0.5) is 0 Å². The molecule has 0 N–H and O–H groups in total. The number of allylic oxidation sites excluding steroid dienone is 2. The molecule has 2 aliphatic heterocycles. The average molecular weight is 201 g/mol. The van der Waals surface area contributed by atoms with Gasteiger partial charge >= 0.3 is 0 Å². The van der Waals surface area contributed by atoms with Gasteiger partial charge in [0.15, 0.2) is 0 Å². The molecule has 78 valence electrons. The maximum atomic E-state index is 9.20. The summed E-state index contributed by atoms with van der Waals surface area (Å²) in [6.07, 6.45) is 6.72. The Hall–Kier alpha value is -0.810. The van der Waals surface area contributed by atoms with Crippen LogP contribution in [0.2, 0.25) is 0 Å². The second kappa shape index (κ2) is 2.47. The predicted octanol–water partition coefficient (Wildman–Crippen LogP) is 1.98. The molecule has 0 aromatic rings. The van der Waals surface area contributed by atoms with E-state index in [-0.39, 0.29) is 12.0 Å². The highest BCUT2D eigenvalue weighted by Crippen LogP contribution is 2.62. The zero-order chi connectivity index (χ0) is 10.2. The first-order valence-corrected chi connectivity index (χ1v) is 6.04. The second-order valence-electron chi connectivity index (χ2n) is 5.68. The standard InChI is InChI=1S/C13H15NO/c1-6-9(5-14)13-11-8-3-2-7(4-8)10(11)12(6)15-13/h2-3,6-13H,4H2,1H3. The molecule has 0 amide bonds. The van der Waals surface area contributed by atoms with Crippen molar-refractivity contribution in [3.05, 3.63) is 12.2 Å². The van der Waals surface area contributed by atoms with Gasteiger partial charge in [0.2, 0.25) is 0 Å². The van der Waals surface area contributed by atoms with Gasteiger partial charge < -0.3 is 4.74 Å². The Bertz CT molecular complexity index is 382. The zero-order valence-electron chi connectivity index (χ0n) is 8.84. The van der Waals surface area contributed by atoms with Gasteiger partial charge in [-0.25, -0.2) is 0 Å². The Labute approximate surface area is 89.9 Å². The Morgan fingerprint density at radius 1 is 1.20 bits per heavy atom. The molecule has 2 heteroatoms. The molecular formula is C13H15NO. The number of rotatable bonds is 0. The van der Waals surface area contributed by atoms with Crippen LogP contribution < -0.4 is 0 Å². The number of ether oxygens (including phenoxy) is 1. The minimum absolute atomic E-state index is 0.156. The summed E-state index contributed by atoms with van der Waals surface area (Å²) in [6.45, 7) is 2.20. The summed E-state index contributed by atoms with van der Waals surface area (Å²) in [5, 5.41) is 9.20. The molecule has 3 fully saturated rings. The molecule has 4 bridgehead atoms. The smallest absolute Gasteiger partial charge is 0.0778 e. The molecule has 2 aliphatic carbocycles. The van der Waals surface area contributed by atoms with Crippen LogP contribution in [-0.4, -0.2) is 12.2 Å². The lowest BCUT2D eigenvalue weighted by Crippen LogP contribution is -2.39. The summed E-state index contributed by atoms with van der Waals surface area (Å²) in [4.78, 5) is 0. The van der Waals surface area contributed by atoms with E-state index < -0.39 is 0 Å². The molecule has 0 aromatic heterocycles. The summed E-state index contributed by atoms with van der Waals surface area (Å²) in [7, 11) is 0. The minimum atomic E-state index is 0.156. The Morgan fingerprint density at radius 2 is 1.87 bits per heavy atom. The van der Waals surface area contributed by atoms with E-state index in [1.165, 1.54) is 6.42 Å². The Balaban J connectivity index is 1.77. The third-order valence-electron chi connectivity index (χ3n) is 5.24. The lowest BCUT2D eigenvalue weighted by molar-refractivity contribution is 0.0625. The molecule has 2 saturated heterocycles. The maximum absolute atomic E-state index is 9.20. The highest BCUT2D eigenvalue weighted by molar-refractivity contribution is 5.24. The van der Waals surface area contributed by atoms with Gasteiger partial charge in [-0.05, 0) is 30.1 Å². The largest absolute Gasteiger partial charge is 0.373 e. The van der Waals surface area contributed by atoms with Gasteiger partial charge in [-0.2, -0.15) is 5.26 Å². The number of hydrogen-bond acceptors (Lipinski definition) is 2. The number of hydrogen-bond donors (Lipinski definition) is 0. The van der Waals surface area contributed by atoms with E-state index in [1.54, 1.807) is 0 Å². The van der Waals surface area contributed by atoms with Gasteiger partial charge in [-0.3, -0.25) is 0 Å². The molecule has 2 heterocycles. The van der Waals surface area contributed by atoms with E-state index >= 15 is 0 Å². The van der Waals surface area contributed by atoms with Crippen LogP contribution in [0.3, 0.4) is 0 Å². The Morgan fingerprint density at radius 3 is 2.53 bits per heavy atom. The summed E-state index contributed by atoms with van der Waals surface area (Å²) in [5.74, 6) is 3.50. The zero-order valence-corrected chi connectivity index (χ0v) is 8.84. The van der Waals surface area contributed by atoms with E-state index in [1.807, 2.05) is 0 Å². The average Bonchev–Trinajstić information content (AvgIpc) is 2.94. The summed E-state index contributed by atoms with van der Waals surface area (Å²) < 4.78 is 6.07. The molecule has 4 rings (SSSR count). The van der Waals surface area contributed by atoms with Crippen molar-refractivity contribution in [2.45, 2.75) is 25.6 Å². The molecule has 8 atom stereocenters. The third kappa shape index (κ3) is 0.774. The number of fused-ring (bicyclic) bond motifs is 9. The fourth-order valence-electron chi connectivity index (χ4n) is 4.68. The molecule has 1 saturated carbocycles. The van der Waals surface area contributed by atoms with E-state index in [9.17, 15) is 5.26 Å². The first-order chi connectivity index (χ1) is 7.31. The van der Waals surface area contributed by atoms with Gasteiger partial charge in [0.25, 0.3) is 0 Å². The van der Waals surface area contributed by atoms with Gasteiger partial charge in [0.1, 0.15) is 0 Å². The fourth-order valence-corrected chi connectivity index (χ4v) is 4.68. The van der Waals surface area contributed by atoms with Crippen LogP contribution in [0.5, 0.6) is 0 Å². The Kier molecular flexibility index (Phi) is 1.37. The molecule has 0 aromatic carbocycles. The van der Waals surface area contributed by atoms with Gasteiger partial charge in [-0.15, -0.1) is 0 Å². The monoisotopic (exact) mass is 201 g/mol. The van der Waals surface area contributed by atoms with Crippen molar-refractivity contribution >= 4 is 0 Å². The fraction of sp³-hybridized carbons (Fsp3) is 0.769. The van der Waals surface area contributed by atoms with Gasteiger partial charge in [0, 0.05) is 5.92 Å². The predicted molar refractivity (Wildman–Crippen MR) is 54.6 cm³/mol. The first-order valence-electron chi connectivity index (χ1n) is 6.04. The molecule has 8 unspecified atom stereocenters. The summed E-state index contributed by atoms with van der Waals surface area (Å²) in [6, 6.07) is 2.47. The SMILES string of the molecule is CC1C(C#N)C2OC1C1C3C=CC(C3)C21. The maximum Gasteiger partial charge on any atom is 0.0778 e. The van der Waals surface area contributed by atoms with Crippen LogP contribution in [0.15, 0.2) is 12.2 Å². The highest BCUT2D eigenvalue weighted by atomic mass is 16.5. The van der Waals surface area contributed by atoms with Crippen LogP contribution in [-0.2, 0) is 4.74 Å². The quantitative estimate of drug-likeness (QED) is 0.561. The molecular weight excluding hydrogens is 186 g/mol. The van der Waals surface area contributed by atoms with Gasteiger partial charge in [-0.1, -0.05) is 19.1 Å². The summed E-state index contributed by atoms with van der Waals surface area (Å²) in [5.41, 5.74) is 0.